The molecule has 8 heteroatoms. The molecule has 0 fully saturated rings. The molecule has 2 rings (SSSR count). The van der Waals surface area contributed by atoms with Gasteiger partial charge in [-0.3, -0.25) is 4.79 Å². The van der Waals surface area contributed by atoms with E-state index in [1.54, 1.807) is 18.2 Å². The van der Waals surface area contributed by atoms with Gasteiger partial charge in [-0.1, -0.05) is 0 Å². The lowest BCUT2D eigenvalue weighted by Crippen LogP contribution is -2.14. The Morgan fingerprint density at radius 3 is 2.63 bits per heavy atom. The molecule has 19 heavy (non-hydrogen) atoms. The Bertz CT molecular complexity index is 648. The van der Waals surface area contributed by atoms with Crippen molar-refractivity contribution in [2.45, 2.75) is 0 Å². The zero-order chi connectivity index (χ0) is 14.0. The van der Waals surface area contributed by atoms with E-state index in [9.17, 15) is 4.79 Å². The van der Waals surface area contributed by atoms with E-state index < -0.39 is 0 Å². The topological polar surface area (TPSA) is 80.9 Å². The molecule has 3 N–H and O–H groups in total. The van der Waals surface area contributed by atoms with Crippen LogP contribution in [0.3, 0.4) is 0 Å². The van der Waals surface area contributed by atoms with Crippen molar-refractivity contribution in [2.24, 2.45) is 0 Å². The van der Waals surface area contributed by atoms with Crippen molar-refractivity contribution in [3.8, 4) is 0 Å². The van der Waals surface area contributed by atoms with E-state index in [-0.39, 0.29) is 5.91 Å². The molecule has 0 bridgehead atoms. The fourth-order valence-corrected chi connectivity index (χ4v) is 2.45. The number of carbonyl (C=O) groups excluding carboxylic acids is 1. The van der Waals surface area contributed by atoms with E-state index in [1.807, 2.05) is 0 Å². The van der Waals surface area contributed by atoms with Gasteiger partial charge in [0.15, 0.2) is 5.82 Å². The lowest BCUT2D eigenvalue weighted by molar-refractivity contribution is 0.102. The number of rotatable bonds is 2. The predicted molar refractivity (Wildman–Crippen MR) is 83.9 cm³/mol. The van der Waals surface area contributed by atoms with Crippen molar-refractivity contribution in [2.75, 3.05) is 11.1 Å². The molecule has 0 aliphatic carbocycles. The number of hydrogen-bond acceptors (Lipinski definition) is 4. The second-order valence-corrected chi connectivity index (χ2v) is 5.94. The molecule has 0 saturated carbocycles. The smallest absolute Gasteiger partial charge is 0.256 e. The number of amides is 1. The van der Waals surface area contributed by atoms with Gasteiger partial charge in [-0.15, -0.1) is 0 Å². The van der Waals surface area contributed by atoms with E-state index in [0.717, 1.165) is 4.47 Å². The highest BCUT2D eigenvalue weighted by Gasteiger charge is 2.11. The number of hydrogen-bond donors (Lipinski definition) is 2. The predicted octanol–water partition coefficient (Wildman–Crippen LogP) is 3.60. The normalized spacial score (nSPS) is 10.3. The molecule has 1 aromatic heterocycles. The Hall–Kier alpha value is -0.990. The number of anilines is 2. The summed E-state index contributed by atoms with van der Waals surface area (Å²) in [6, 6.07) is 4.96. The molecule has 0 aliphatic heterocycles. The Kier molecular flexibility index (Phi) is 4.54. The molecular weight excluding hydrogens is 444 g/mol. The van der Waals surface area contributed by atoms with Crippen LogP contribution in [0.25, 0.3) is 0 Å². The minimum atomic E-state index is -0.309. The highest BCUT2D eigenvalue weighted by Crippen LogP contribution is 2.22. The van der Waals surface area contributed by atoms with Crippen LogP contribution in [0.4, 0.5) is 11.5 Å². The summed E-state index contributed by atoms with van der Waals surface area (Å²) in [4.78, 5) is 20.2. The molecule has 0 radical (unpaired) electrons. The molecule has 0 atom stereocenters. The second kappa shape index (κ2) is 5.98. The number of nitrogens with one attached hydrogen (secondary N) is 1. The van der Waals surface area contributed by atoms with Crippen LogP contribution in [0.15, 0.2) is 38.1 Å². The van der Waals surface area contributed by atoms with Gasteiger partial charge in [-0.05, 0) is 66.0 Å². The van der Waals surface area contributed by atoms with Crippen molar-refractivity contribution < 1.29 is 4.79 Å². The molecule has 1 amide bonds. The van der Waals surface area contributed by atoms with Crippen LogP contribution in [0.1, 0.15) is 10.4 Å². The number of carbonyl (C=O) groups is 1. The molecule has 5 nitrogen and oxygen atoms in total. The Labute approximate surface area is 134 Å². The van der Waals surface area contributed by atoms with Crippen LogP contribution in [-0.2, 0) is 0 Å². The van der Waals surface area contributed by atoms with Gasteiger partial charge in [-0.2, -0.15) is 0 Å². The number of nitrogen functional groups attached to an aromatic ring is 1. The maximum absolute atomic E-state index is 12.0. The zero-order valence-corrected chi connectivity index (χ0v) is 14.1. The van der Waals surface area contributed by atoms with Crippen LogP contribution in [-0.4, -0.2) is 15.9 Å². The van der Waals surface area contributed by atoms with Crippen LogP contribution < -0.4 is 11.1 Å². The van der Waals surface area contributed by atoms with Gasteiger partial charge in [0.1, 0.15) is 9.21 Å². The third-order valence-electron chi connectivity index (χ3n) is 2.19. The van der Waals surface area contributed by atoms with Crippen LogP contribution in [0, 0.1) is 0 Å². The number of aromatic nitrogens is 2. The summed E-state index contributed by atoms with van der Waals surface area (Å²) in [6.07, 6.45) is 1.50. The molecule has 0 unspecified atom stereocenters. The van der Waals surface area contributed by atoms with Gasteiger partial charge < -0.3 is 11.1 Å². The van der Waals surface area contributed by atoms with Gasteiger partial charge in [0.2, 0.25) is 0 Å². The Morgan fingerprint density at radius 2 is 2.00 bits per heavy atom. The first-order valence-electron chi connectivity index (χ1n) is 5.02. The Balaban J connectivity index is 2.23. The SMILES string of the molecule is Nc1cc(C(=O)Nc2ncc(Br)nc2Br)ccc1Br. The van der Waals surface area contributed by atoms with Crippen LogP contribution in [0.2, 0.25) is 0 Å². The third-order valence-corrected chi connectivity index (χ3v) is 3.85. The summed E-state index contributed by atoms with van der Waals surface area (Å²) in [5, 5.41) is 2.65. The molecular formula is C11H7Br3N4O. The standard InChI is InChI=1S/C11H7Br3N4O/c12-6-2-1-5(3-7(6)15)11(19)18-10-9(14)17-8(13)4-16-10/h1-4H,15H2,(H,16,18,19). The summed E-state index contributed by atoms with van der Waals surface area (Å²) < 4.78 is 1.76. The van der Waals surface area contributed by atoms with Crippen molar-refractivity contribution in [1.29, 1.82) is 0 Å². The molecule has 0 saturated heterocycles. The quantitative estimate of drug-likeness (QED) is 0.685. The number of nitrogens with zero attached hydrogens (tertiary/aromatic N) is 2. The van der Waals surface area contributed by atoms with E-state index in [0.29, 0.717) is 26.3 Å². The lowest BCUT2D eigenvalue weighted by Gasteiger charge is -2.07. The summed E-state index contributed by atoms with van der Waals surface area (Å²) in [5.41, 5.74) is 6.67. The average molecular weight is 451 g/mol. The summed E-state index contributed by atoms with van der Waals surface area (Å²) in [5.74, 6) is 0.0335. The number of benzene rings is 1. The van der Waals surface area contributed by atoms with E-state index in [2.05, 4.69) is 63.1 Å². The van der Waals surface area contributed by atoms with Crippen LogP contribution >= 0.6 is 47.8 Å². The molecule has 1 aromatic carbocycles. The monoisotopic (exact) mass is 448 g/mol. The highest BCUT2D eigenvalue weighted by atomic mass is 79.9. The Morgan fingerprint density at radius 1 is 1.26 bits per heavy atom. The fraction of sp³-hybridized carbons (Fsp3) is 0. The molecule has 0 aliphatic rings. The summed E-state index contributed by atoms with van der Waals surface area (Å²) in [7, 11) is 0. The van der Waals surface area contributed by atoms with Gasteiger partial charge in [0, 0.05) is 15.7 Å². The fourth-order valence-electron chi connectivity index (χ4n) is 1.30. The van der Waals surface area contributed by atoms with Crippen LogP contribution in [0.5, 0.6) is 0 Å². The molecule has 0 spiro atoms. The maximum Gasteiger partial charge on any atom is 0.256 e. The number of nitrogens with two attached hydrogens (primary N) is 1. The van der Waals surface area contributed by atoms with Crippen molar-refractivity contribution in [3.63, 3.8) is 0 Å². The first-order valence-corrected chi connectivity index (χ1v) is 7.39. The maximum atomic E-state index is 12.0. The first-order chi connectivity index (χ1) is 8.97. The van der Waals surface area contributed by atoms with Crippen molar-refractivity contribution in [3.05, 3.63) is 43.6 Å². The largest absolute Gasteiger partial charge is 0.398 e. The highest BCUT2D eigenvalue weighted by molar-refractivity contribution is 9.11. The van der Waals surface area contributed by atoms with Gasteiger partial charge in [0.25, 0.3) is 5.91 Å². The molecule has 1 heterocycles. The van der Waals surface area contributed by atoms with Gasteiger partial charge in [-0.25, -0.2) is 9.97 Å². The molecule has 98 valence electrons. The lowest BCUT2D eigenvalue weighted by atomic mass is 10.2. The summed E-state index contributed by atoms with van der Waals surface area (Å²) >= 11 is 9.68. The zero-order valence-electron chi connectivity index (χ0n) is 9.32. The minimum absolute atomic E-state index is 0.309. The van der Waals surface area contributed by atoms with Gasteiger partial charge >= 0.3 is 0 Å². The van der Waals surface area contributed by atoms with E-state index in [1.165, 1.54) is 6.20 Å². The number of halogens is 3. The third kappa shape index (κ3) is 3.52. The first kappa shape index (κ1) is 14.4. The summed E-state index contributed by atoms with van der Waals surface area (Å²) in [6.45, 7) is 0. The van der Waals surface area contributed by atoms with Crippen molar-refractivity contribution in [1.82, 2.24) is 9.97 Å². The van der Waals surface area contributed by atoms with E-state index in [4.69, 9.17) is 5.73 Å². The average Bonchev–Trinajstić information content (AvgIpc) is 2.36. The second-order valence-electron chi connectivity index (χ2n) is 3.52. The minimum Gasteiger partial charge on any atom is -0.398 e. The van der Waals surface area contributed by atoms with Crippen molar-refractivity contribution >= 4 is 65.2 Å². The van der Waals surface area contributed by atoms with E-state index >= 15 is 0 Å². The molecule has 2 aromatic rings. The van der Waals surface area contributed by atoms with Gasteiger partial charge in [0.05, 0.1) is 6.20 Å².